The summed E-state index contributed by atoms with van der Waals surface area (Å²) in [6.45, 7) is 1.54. The molecular formula is C20H23N3O3S. The molecule has 142 valence electrons. The zero-order valence-electron chi connectivity index (χ0n) is 15.3. The van der Waals surface area contributed by atoms with E-state index in [2.05, 4.69) is 10.5 Å². The molecular weight excluding hydrogens is 362 g/mol. The van der Waals surface area contributed by atoms with Crippen molar-refractivity contribution in [2.75, 3.05) is 10.8 Å². The van der Waals surface area contributed by atoms with Crippen LogP contribution in [0.4, 0.5) is 5.69 Å². The molecule has 1 saturated carbocycles. The number of aryl methyl sites for hydroxylation is 1. The van der Waals surface area contributed by atoms with Gasteiger partial charge >= 0.3 is 0 Å². The van der Waals surface area contributed by atoms with Gasteiger partial charge in [0.2, 0.25) is 0 Å². The minimum Gasteiger partial charge on any atom is -0.271 e. The highest BCUT2D eigenvalue weighted by atomic mass is 32.2. The Morgan fingerprint density at radius 1 is 1.07 bits per heavy atom. The fraction of sp³-hybridized carbons (Fsp3) is 0.300. The Balaban J connectivity index is 1.88. The standard InChI is InChI=1S/C20H23N3O3S/c1-16-8-7-11-18(14-16)23(27(25,26)19-12-3-2-4-13-19)15-20(24)22-21-17-9-5-6-10-17/h2-4,7-8,11-14H,5-6,9-10,15H2,1H3,(H,22,24). The summed E-state index contributed by atoms with van der Waals surface area (Å²) in [5, 5.41) is 4.14. The van der Waals surface area contributed by atoms with Crippen LogP contribution < -0.4 is 9.73 Å². The summed E-state index contributed by atoms with van der Waals surface area (Å²) in [6.07, 6.45) is 3.91. The number of hydrazone groups is 1. The Labute approximate surface area is 159 Å². The molecule has 1 N–H and O–H groups in total. The second kappa shape index (κ2) is 8.35. The van der Waals surface area contributed by atoms with E-state index in [1.54, 1.807) is 36.4 Å². The fourth-order valence-electron chi connectivity index (χ4n) is 3.02. The number of hydrogen-bond acceptors (Lipinski definition) is 4. The van der Waals surface area contributed by atoms with E-state index in [-0.39, 0.29) is 11.4 Å². The van der Waals surface area contributed by atoms with Crippen LogP contribution in [-0.4, -0.2) is 26.6 Å². The van der Waals surface area contributed by atoms with Gasteiger partial charge in [-0.05, 0) is 62.4 Å². The maximum Gasteiger partial charge on any atom is 0.264 e. The van der Waals surface area contributed by atoms with E-state index >= 15 is 0 Å². The van der Waals surface area contributed by atoms with Gasteiger partial charge in [-0.3, -0.25) is 9.10 Å². The Kier molecular flexibility index (Phi) is 5.91. The molecule has 1 amide bonds. The number of nitrogens with zero attached hydrogens (tertiary/aromatic N) is 2. The van der Waals surface area contributed by atoms with Gasteiger partial charge in [0.15, 0.2) is 0 Å². The van der Waals surface area contributed by atoms with Gasteiger partial charge in [0, 0.05) is 5.71 Å². The van der Waals surface area contributed by atoms with Crippen molar-refractivity contribution >= 4 is 27.3 Å². The van der Waals surface area contributed by atoms with Gasteiger partial charge in [-0.1, -0.05) is 30.3 Å². The molecule has 0 spiro atoms. The Hall–Kier alpha value is -2.67. The van der Waals surface area contributed by atoms with E-state index < -0.39 is 15.9 Å². The van der Waals surface area contributed by atoms with Crippen LogP contribution in [0.2, 0.25) is 0 Å². The van der Waals surface area contributed by atoms with Crippen LogP contribution in [0.25, 0.3) is 0 Å². The molecule has 1 aliphatic rings. The van der Waals surface area contributed by atoms with E-state index in [1.165, 1.54) is 12.1 Å². The molecule has 0 heterocycles. The largest absolute Gasteiger partial charge is 0.271 e. The third-order valence-electron chi connectivity index (χ3n) is 4.43. The average molecular weight is 385 g/mol. The molecule has 6 nitrogen and oxygen atoms in total. The summed E-state index contributed by atoms with van der Waals surface area (Å²) in [5.41, 5.74) is 4.82. The van der Waals surface area contributed by atoms with E-state index in [0.29, 0.717) is 5.69 Å². The first-order chi connectivity index (χ1) is 13.0. The van der Waals surface area contributed by atoms with Gasteiger partial charge in [-0.15, -0.1) is 0 Å². The van der Waals surface area contributed by atoms with E-state index in [1.807, 2.05) is 13.0 Å². The predicted octanol–water partition coefficient (Wildman–Crippen LogP) is 3.24. The second-order valence-electron chi connectivity index (χ2n) is 6.58. The molecule has 0 unspecified atom stereocenters. The number of carbonyl (C=O) groups is 1. The SMILES string of the molecule is Cc1cccc(N(CC(=O)NN=C2CCCC2)S(=O)(=O)c2ccccc2)c1. The third kappa shape index (κ3) is 4.74. The highest BCUT2D eigenvalue weighted by Gasteiger charge is 2.27. The highest BCUT2D eigenvalue weighted by molar-refractivity contribution is 7.92. The van der Waals surface area contributed by atoms with Crippen molar-refractivity contribution in [1.29, 1.82) is 0 Å². The van der Waals surface area contributed by atoms with Crippen molar-refractivity contribution < 1.29 is 13.2 Å². The van der Waals surface area contributed by atoms with Crippen LogP contribution >= 0.6 is 0 Å². The number of hydrogen-bond donors (Lipinski definition) is 1. The van der Waals surface area contributed by atoms with Crippen molar-refractivity contribution in [1.82, 2.24) is 5.43 Å². The molecule has 0 aliphatic heterocycles. The van der Waals surface area contributed by atoms with Crippen molar-refractivity contribution in [3.63, 3.8) is 0 Å². The van der Waals surface area contributed by atoms with Gasteiger partial charge in [0.1, 0.15) is 6.54 Å². The van der Waals surface area contributed by atoms with Crippen molar-refractivity contribution in [3.8, 4) is 0 Å². The summed E-state index contributed by atoms with van der Waals surface area (Å²) in [7, 11) is -3.88. The minimum atomic E-state index is -3.88. The Morgan fingerprint density at radius 2 is 1.78 bits per heavy atom. The number of nitrogens with one attached hydrogen (secondary N) is 1. The first kappa shape index (κ1) is 19.1. The molecule has 3 rings (SSSR count). The van der Waals surface area contributed by atoms with Gasteiger partial charge in [0.25, 0.3) is 15.9 Å². The van der Waals surface area contributed by atoms with E-state index in [9.17, 15) is 13.2 Å². The molecule has 1 fully saturated rings. The molecule has 7 heteroatoms. The summed E-state index contributed by atoms with van der Waals surface area (Å²) in [4.78, 5) is 12.6. The lowest BCUT2D eigenvalue weighted by Gasteiger charge is -2.24. The quantitative estimate of drug-likeness (QED) is 0.776. The molecule has 2 aromatic rings. The third-order valence-corrected chi connectivity index (χ3v) is 6.22. The number of anilines is 1. The Bertz CT molecular complexity index is 932. The second-order valence-corrected chi connectivity index (χ2v) is 8.45. The highest BCUT2D eigenvalue weighted by Crippen LogP contribution is 2.24. The van der Waals surface area contributed by atoms with Crippen LogP contribution in [0.3, 0.4) is 0 Å². The molecule has 0 radical (unpaired) electrons. The van der Waals surface area contributed by atoms with Gasteiger partial charge in [0.05, 0.1) is 10.6 Å². The summed E-state index contributed by atoms with van der Waals surface area (Å²) in [5.74, 6) is -0.463. The van der Waals surface area contributed by atoms with Crippen LogP contribution in [0.5, 0.6) is 0 Å². The molecule has 0 saturated heterocycles. The average Bonchev–Trinajstić information content (AvgIpc) is 3.18. The molecule has 1 aliphatic carbocycles. The number of carbonyl (C=O) groups excluding carboxylic acids is 1. The van der Waals surface area contributed by atoms with Crippen LogP contribution in [0.1, 0.15) is 31.2 Å². The van der Waals surface area contributed by atoms with Gasteiger partial charge in [-0.2, -0.15) is 5.10 Å². The first-order valence-corrected chi connectivity index (χ1v) is 10.4. The monoisotopic (exact) mass is 385 g/mol. The normalized spacial score (nSPS) is 14.0. The topological polar surface area (TPSA) is 78.8 Å². The van der Waals surface area contributed by atoms with Gasteiger partial charge < -0.3 is 0 Å². The lowest BCUT2D eigenvalue weighted by Crippen LogP contribution is -2.39. The summed E-state index contributed by atoms with van der Waals surface area (Å²) < 4.78 is 27.4. The van der Waals surface area contributed by atoms with Crippen molar-refractivity contribution in [3.05, 3.63) is 60.2 Å². The number of rotatable bonds is 6. The molecule has 2 aromatic carbocycles. The lowest BCUT2D eigenvalue weighted by molar-refractivity contribution is -0.119. The van der Waals surface area contributed by atoms with Crippen LogP contribution in [0.15, 0.2) is 64.6 Å². The zero-order valence-corrected chi connectivity index (χ0v) is 16.1. The predicted molar refractivity (Wildman–Crippen MR) is 106 cm³/mol. The fourth-order valence-corrected chi connectivity index (χ4v) is 4.45. The zero-order chi connectivity index (χ0) is 19.3. The summed E-state index contributed by atoms with van der Waals surface area (Å²) >= 11 is 0. The lowest BCUT2D eigenvalue weighted by atomic mass is 10.2. The molecule has 27 heavy (non-hydrogen) atoms. The number of sulfonamides is 1. The molecule has 0 aromatic heterocycles. The van der Waals surface area contributed by atoms with Gasteiger partial charge in [-0.25, -0.2) is 13.8 Å². The molecule has 0 atom stereocenters. The van der Waals surface area contributed by atoms with Crippen LogP contribution in [-0.2, 0) is 14.8 Å². The van der Waals surface area contributed by atoms with Crippen molar-refractivity contribution in [2.24, 2.45) is 5.10 Å². The number of amides is 1. The first-order valence-electron chi connectivity index (χ1n) is 8.95. The summed E-state index contributed by atoms with van der Waals surface area (Å²) in [6, 6.07) is 15.2. The van der Waals surface area contributed by atoms with Crippen LogP contribution in [0, 0.1) is 6.92 Å². The van der Waals surface area contributed by atoms with E-state index in [0.717, 1.165) is 41.3 Å². The maximum absolute atomic E-state index is 13.2. The molecule has 0 bridgehead atoms. The Morgan fingerprint density at radius 3 is 2.44 bits per heavy atom. The van der Waals surface area contributed by atoms with E-state index in [4.69, 9.17) is 0 Å². The van der Waals surface area contributed by atoms with Crippen molar-refractivity contribution in [2.45, 2.75) is 37.5 Å². The minimum absolute atomic E-state index is 0.140. The number of benzene rings is 2. The maximum atomic E-state index is 13.2. The smallest absolute Gasteiger partial charge is 0.264 e.